The standard InChI is InChI=1S/C11H18N4O3/c1-7-6-8(14-2-4-18-5-3-16)15-10(12)9(7)11(13)17/h6,16H,2-5H2,1H3,(H2,13,17)(H3,12,14,15). The van der Waals surface area contributed by atoms with E-state index in [9.17, 15) is 4.79 Å². The topological polar surface area (TPSA) is 123 Å². The largest absolute Gasteiger partial charge is 0.394 e. The summed E-state index contributed by atoms with van der Waals surface area (Å²) in [4.78, 5) is 15.2. The molecule has 0 fully saturated rings. The van der Waals surface area contributed by atoms with Gasteiger partial charge in [0.05, 0.1) is 25.4 Å². The maximum Gasteiger partial charge on any atom is 0.252 e. The van der Waals surface area contributed by atoms with Crippen molar-refractivity contribution in [2.24, 2.45) is 5.73 Å². The molecule has 1 amide bonds. The summed E-state index contributed by atoms with van der Waals surface area (Å²) in [7, 11) is 0. The molecule has 6 N–H and O–H groups in total. The van der Waals surface area contributed by atoms with Crippen LogP contribution in [0.2, 0.25) is 0 Å². The van der Waals surface area contributed by atoms with Gasteiger partial charge in [-0.3, -0.25) is 4.79 Å². The van der Waals surface area contributed by atoms with E-state index in [4.69, 9.17) is 21.3 Å². The van der Waals surface area contributed by atoms with Crippen LogP contribution in [-0.2, 0) is 4.74 Å². The first-order valence-electron chi connectivity index (χ1n) is 5.55. The molecule has 1 rings (SSSR count). The number of carbonyl (C=O) groups excluding carboxylic acids is 1. The third kappa shape index (κ3) is 3.86. The summed E-state index contributed by atoms with van der Waals surface area (Å²) in [5.41, 5.74) is 11.8. The normalized spacial score (nSPS) is 10.3. The maximum atomic E-state index is 11.1. The first-order valence-corrected chi connectivity index (χ1v) is 5.55. The van der Waals surface area contributed by atoms with E-state index in [1.54, 1.807) is 13.0 Å². The molecule has 7 heteroatoms. The summed E-state index contributed by atoms with van der Waals surface area (Å²) in [6.45, 7) is 3.01. The van der Waals surface area contributed by atoms with Crippen LogP contribution in [0.3, 0.4) is 0 Å². The lowest BCUT2D eigenvalue weighted by molar-refractivity contribution is 0.0991. The molecule has 0 unspecified atom stereocenters. The van der Waals surface area contributed by atoms with E-state index in [0.717, 1.165) is 0 Å². The molecule has 0 spiro atoms. The van der Waals surface area contributed by atoms with Crippen molar-refractivity contribution in [1.82, 2.24) is 4.98 Å². The van der Waals surface area contributed by atoms with E-state index >= 15 is 0 Å². The maximum absolute atomic E-state index is 11.1. The van der Waals surface area contributed by atoms with Crippen LogP contribution in [0.5, 0.6) is 0 Å². The fourth-order valence-corrected chi connectivity index (χ4v) is 1.53. The van der Waals surface area contributed by atoms with Crippen molar-refractivity contribution < 1.29 is 14.6 Å². The minimum atomic E-state index is -0.588. The van der Waals surface area contributed by atoms with Gasteiger partial charge in [0.2, 0.25) is 0 Å². The number of nitrogen functional groups attached to an aromatic ring is 1. The zero-order chi connectivity index (χ0) is 13.5. The Morgan fingerprint density at radius 2 is 2.28 bits per heavy atom. The molecule has 1 heterocycles. The first-order chi connectivity index (χ1) is 8.56. The Hall–Kier alpha value is -1.86. The Bertz CT molecular complexity index is 400. The van der Waals surface area contributed by atoms with Crippen molar-refractivity contribution in [2.75, 3.05) is 37.4 Å². The number of carbonyl (C=O) groups is 1. The summed E-state index contributed by atoms with van der Waals surface area (Å²) >= 11 is 0. The number of hydrogen-bond acceptors (Lipinski definition) is 6. The number of aryl methyl sites for hydroxylation is 1. The van der Waals surface area contributed by atoms with Gasteiger partial charge in [-0.15, -0.1) is 0 Å². The summed E-state index contributed by atoms with van der Waals surface area (Å²) in [6, 6.07) is 1.70. The minimum Gasteiger partial charge on any atom is -0.394 e. The molecule has 7 nitrogen and oxygen atoms in total. The first kappa shape index (κ1) is 14.2. The number of amides is 1. The molecule has 0 aliphatic rings. The zero-order valence-electron chi connectivity index (χ0n) is 10.3. The molecule has 0 aromatic carbocycles. The highest BCUT2D eigenvalue weighted by molar-refractivity contribution is 5.98. The van der Waals surface area contributed by atoms with Crippen molar-refractivity contribution >= 4 is 17.5 Å². The van der Waals surface area contributed by atoms with Gasteiger partial charge in [-0.2, -0.15) is 0 Å². The van der Waals surface area contributed by atoms with Gasteiger partial charge in [0.25, 0.3) is 5.91 Å². The monoisotopic (exact) mass is 254 g/mol. The lowest BCUT2D eigenvalue weighted by atomic mass is 10.1. The van der Waals surface area contributed by atoms with Gasteiger partial charge in [0, 0.05) is 6.54 Å². The molecule has 1 aromatic rings. The van der Waals surface area contributed by atoms with Gasteiger partial charge in [-0.05, 0) is 18.6 Å². The molecule has 1 aromatic heterocycles. The number of hydrogen-bond donors (Lipinski definition) is 4. The van der Waals surface area contributed by atoms with Gasteiger partial charge < -0.3 is 26.6 Å². The van der Waals surface area contributed by atoms with Gasteiger partial charge in [0.1, 0.15) is 11.6 Å². The van der Waals surface area contributed by atoms with Gasteiger partial charge in [-0.25, -0.2) is 4.98 Å². The smallest absolute Gasteiger partial charge is 0.252 e. The second-order valence-electron chi connectivity index (χ2n) is 3.71. The van der Waals surface area contributed by atoms with Crippen LogP contribution < -0.4 is 16.8 Å². The average molecular weight is 254 g/mol. The predicted molar refractivity (Wildman–Crippen MR) is 68.3 cm³/mol. The SMILES string of the molecule is Cc1cc(NCCOCCO)nc(N)c1C(N)=O. The highest BCUT2D eigenvalue weighted by Crippen LogP contribution is 2.17. The number of nitrogens with zero attached hydrogens (tertiary/aromatic N) is 1. The zero-order valence-corrected chi connectivity index (χ0v) is 10.3. The van der Waals surface area contributed by atoms with Crippen molar-refractivity contribution in [2.45, 2.75) is 6.92 Å². The predicted octanol–water partition coefficient (Wildman–Crippen LogP) is -0.508. The Balaban J connectivity index is 2.61. The molecule has 0 bridgehead atoms. The molecule has 18 heavy (non-hydrogen) atoms. The molecule has 0 aliphatic heterocycles. The van der Waals surface area contributed by atoms with E-state index < -0.39 is 5.91 Å². The second kappa shape index (κ2) is 6.77. The second-order valence-corrected chi connectivity index (χ2v) is 3.71. The Kier molecular flexibility index (Phi) is 5.34. The third-order valence-electron chi connectivity index (χ3n) is 2.28. The molecule has 0 saturated carbocycles. The number of ether oxygens (including phenoxy) is 1. The third-order valence-corrected chi connectivity index (χ3v) is 2.28. The van der Waals surface area contributed by atoms with Crippen LogP contribution in [0.1, 0.15) is 15.9 Å². The lowest BCUT2D eigenvalue weighted by Gasteiger charge is -2.10. The molecule has 100 valence electrons. The van der Waals surface area contributed by atoms with E-state index in [-0.39, 0.29) is 18.0 Å². The van der Waals surface area contributed by atoms with Crippen LogP contribution in [0.25, 0.3) is 0 Å². The number of anilines is 2. The van der Waals surface area contributed by atoms with E-state index in [1.807, 2.05) is 0 Å². The minimum absolute atomic E-state index is 0.00237. The number of primary amides is 1. The lowest BCUT2D eigenvalue weighted by Crippen LogP contribution is -2.18. The highest BCUT2D eigenvalue weighted by Gasteiger charge is 2.12. The van der Waals surface area contributed by atoms with Crippen LogP contribution in [0, 0.1) is 6.92 Å². The van der Waals surface area contributed by atoms with Gasteiger partial charge in [0.15, 0.2) is 0 Å². The van der Waals surface area contributed by atoms with Gasteiger partial charge in [-0.1, -0.05) is 0 Å². The molecular weight excluding hydrogens is 236 g/mol. The van der Waals surface area contributed by atoms with Crippen LogP contribution >= 0.6 is 0 Å². The van der Waals surface area contributed by atoms with E-state index in [1.165, 1.54) is 0 Å². The van der Waals surface area contributed by atoms with Crippen molar-refractivity contribution in [3.63, 3.8) is 0 Å². The number of aliphatic hydroxyl groups excluding tert-OH is 1. The summed E-state index contributed by atoms with van der Waals surface area (Å²) in [5.74, 6) is 0.0826. The highest BCUT2D eigenvalue weighted by atomic mass is 16.5. The van der Waals surface area contributed by atoms with E-state index in [2.05, 4.69) is 10.3 Å². The van der Waals surface area contributed by atoms with Crippen LogP contribution in [0.15, 0.2) is 6.07 Å². The number of nitrogens with two attached hydrogens (primary N) is 2. The van der Waals surface area contributed by atoms with Crippen molar-refractivity contribution in [3.05, 3.63) is 17.2 Å². The molecule has 0 aliphatic carbocycles. The van der Waals surface area contributed by atoms with Crippen molar-refractivity contribution in [1.29, 1.82) is 0 Å². The van der Waals surface area contributed by atoms with E-state index in [0.29, 0.717) is 31.1 Å². The van der Waals surface area contributed by atoms with Gasteiger partial charge >= 0.3 is 0 Å². The molecule has 0 radical (unpaired) electrons. The molecule has 0 saturated heterocycles. The fraction of sp³-hybridized carbons (Fsp3) is 0.455. The Morgan fingerprint density at radius 3 is 2.83 bits per heavy atom. The Morgan fingerprint density at radius 1 is 1.56 bits per heavy atom. The molecule has 0 atom stereocenters. The van der Waals surface area contributed by atoms with Crippen molar-refractivity contribution in [3.8, 4) is 0 Å². The average Bonchev–Trinajstić information content (AvgIpc) is 2.27. The number of aromatic nitrogens is 1. The number of pyridine rings is 1. The summed E-state index contributed by atoms with van der Waals surface area (Å²) < 4.78 is 5.08. The number of nitrogens with one attached hydrogen (secondary N) is 1. The van der Waals surface area contributed by atoms with Crippen LogP contribution in [0.4, 0.5) is 11.6 Å². The molecular formula is C11H18N4O3. The summed E-state index contributed by atoms with van der Waals surface area (Å²) in [6.07, 6.45) is 0. The fourth-order valence-electron chi connectivity index (χ4n) is 1.53. The van der Waals surface area contributed by atoms with Crippen LogP contribution in [-0.4, -0.2) is 42.4 Å². The summed E-state index contributed by atoms with van der Waals surface area (Å²) in [5, 5.41) is 11.5. The number of rotatable bonds is 7. The Labute approximate surface area is 105 Å². The quantitative estimate of drug-likeness (QED) is 0.486. The number of aliphatic hydroxyl groups is 1.